The topological polar surface area (TPSA) is 42.2 Å². The molecule has 0 radical (unpaired) electrons. The zero-order valence-corrected chi connectivity index (χ0v) is 9.04. The monoisotopic (exact) mass is 223 g/mol. The van der Waals surface area contributed by atoms with E-state index in [-0.39, 0.29) is 6.61 Å². The molecule has 0 saturated heterocycles. The summed E-state index contributed by atoms with van der Waals surface area (Å²) in [7, 11) is 1.53. The Kier molecular flexibility index (Phi) is 4.02. The van der Waals surface area contributed by atoms with Gasteiger partial charge in [0.25, 0.3) is 0 Å². The second-order valence-electron chi connectivity index (χ2n) is 2.81. The maximum atomic E-state index is 8.75. The van der Waals surface area contributed by atoms with Crippen LogP contribution < -0.4 is 9.47 Å². The highest BCUT2D eigenvalue weighted by Crippen LogP contribution is 2.22. The van der Waals surface area contributed by atoms with E-state index in [1.807, 2.05) is 6.07 Å². The van der Waals surface area contributed by atoms with E-state index in [1.165, 1.54) is 7.11 Å². The lowest BCUT2D eigenvalue weighted by Gasteiger charge is -2.07. The first-order valence-corrected chi connectivity index (χ1v) is 4.58. The van der Waals surface area contributed by atoms with Crippen LogP contribution in [0.3, 0.4) is 0 Å². The molecule has 0 spiro atoms. The van der Waals surface area contributed by atoms with E-state index in [4.69, 9.17) is 26.3 Å². The van der Waals surface area contributed by atoms with E-state index in [1.54, 1.807) is 18.2 Å². The molecule has 1 rings (SSSR count). The van der Waals surface area contributed by atoms with Gasteiger partial charge in [-0.1, -0.05) is 18.2 Å². The molecule has 0 aromatic heterocycles. The van der Waals surface area contributed by atoms with Gasteiger partial charge in [0.05, 0.1) is 18.7 Å². The molecule has 0 atom stereocenters. The van der Waals surface area contributed by atoms with Crippen molar-refractivity contribution in [3.05, 3.63) is 35.4 Å². The second kappa shape index (κ2) is 5.28. The van der Waals surface area contributed by atoms with Crippen LogP contribution in [0.15, 0.2) is 29.8 Å². The molecule has 3 nitrogen and oxygen atoms in total. The molecule has 0 aliphatic rings. The number of hydrogen-bond donors (Lipinski definition) is 0. The van der Waals surface area contributed by atoms with Crippen LogP contribution >= 0.6 is 11.6 Å². The van der Waals surface area contributed by atoms with Gasteiger partial charge in [-0.25, -0.2) is 0 Å². The predicted molar refractivity (Wildman–Crippen MR) is 58.2 cm³/mol. The van der Waals surface area contributed by atoms with Crippen molar-refractivity contribution in [1.29, 1.82) is 5.26 Å². The number of hydrogen-bond acceptors (Lipinski definition) is 3. The fourth-order valence-electron chi connectivity index (χ4n) is 0.999. The highest BCUT2D eigenvalue weighted by molar-refractivity contribution is 6.29. The molecular formula is C11H10ClNO2. The standard InChI is InChI=1S/C11H10ClNO2/c1-8(12)7-15-11-4-9(6-13)3-10(5-11)14-2/h3-5H,1,7H2,2H3. The largest absolute Gasteiger partial charge is 0.497 e. The second-order valence-corrected chi connectivity index (χ2v) is 3.35. The first-order valence-electron chi connectivity index (χ1n) is 4.21. The molecule has 15 heavy (non-hydrogen) atoms. The summed E-state index contributed by atoms with van der Waals surface area (Å²) in [4.78, 5) is 0. The maximum absolute atomic E-state index is 8.75. The number of ether oxygens (including phenoxy) is 2. The van der Waals surface area contributed by atoms with Crippen molar-refractivity contribution in [3.8, 4) is 17.6 Å². The summed E-state index contributed by atoms with van der Waals surface area (Å²) < 4.78 is 10.3. The molecule has 0 heterocycles. The van der Waals surface area contributed by atoms with Crippen LogP contribution in [0, 0.1) is 11.3 Å². The van der Waals surface area contributed by atoms with E-state index in [0.717, 1.165) is 0 Å². The predicted octanol–water partition coefficient (Wildman–Crippen LogP) is 2.70. The van der Waals surface area contributed by atoms with Gasteiger partial charge in [0, 0.05) is 11.1 Å². The Morgan fingerprint density at radius 3 is 2.67 bits per heavy atom. The Morgan fingerprint density at radius 2 is 2.13 bits per heavy atom. The number of nitrogens with zero attached hydrogens (tertiary/aromatic N) is 1. The van der Waals surface area contributed by atoms with Gasteiger partial charge >= 0.3 is 0 Å². The molecule has 0 saturated carbocycles. The first-order chi connectivity index (χ1) is 7.15. The van der Waals surface area contributed by atoms with Gasteiger partial charge in [0.1, 0.15) is 18.1 Å². The van der Waals surface area contributed by atoms with Crippen molar-refractivity contribution in [2.75, 3.05) is 13.7 Å². The van der Waals surface area contributed by atoms with Crippen molar-refractivity contribution < 1.29 is 9.47 Å². The van der Waals surface area contributed by atoms with Crippen LogP contribution in [0.25, 0.3) is 0 Å². The molecule has 1 aromatic carbocycles. The average molecular weight is 224 g/mol. The summed E-state index contributed by atoms with van der Waals surface area (Å²) in [5.41, 5.74) is 0.476. The van der Waals surface area contributed by atoms with Crippen molar-refractivity contribution in [2.24, 2.45) is 0 Å². The Labute approximate surface area is 93.5 Å². The lowest BCUT2D eigenvalue weighted by atomic mass is 10.2. The minimum atomic E-state index is 0.208. The summed E-state index contributed by atoms with van der Waals surface area (Å²) in [6.45, 7) is 3.71. The van der Waals surface area contributed by atoms with Gasteiger partial charge in [-0.15, -0.1) is 0 Å². The van der Waals surface area contributed by atoms with E-state index >= 15 is 0 Å². The summed E-state index contributed by atoms with van der Waals surface area (Å²) in [6.07, 6.45) is 0. The van der Waals surface area contributed by atoms with Gasteiger partial charge in [0.2, 0.25) is 0 Å². The molecule has 0 aliphatic carbocycles. The van der Waals surface area contributed by atoms with E-state index in [2.05, 4.69) is 6.58 Å². The summed E-state index contributed by atoms with van der Waals surface area (Å²) in [5, 5.41) is 9.15. The quantitative estimate of drug-likeness (QED) is 0.788. The van der Waals surface area contributed by atoms with Crippen LogP contribution in [-0.2, 0) is 0 Å². The average Bonchev–Trinajstić information content (AvgIpc) is 2.25. The molecule has 1 aromatic rings. The lowest BCUT2D eigenvalue weighted by molar-refractivity contribution is 0.353. The SMILES string of the molecule is C=C(Cl)COc1cc(C#N)cc(OC)c1. The molecule has 0 N–H and O–H groups in total. The minimum absolute atomic E-state index is 0.208. The number of rotatable bonds is 4. The number of halogens is 1. The molecule has 0 fully saturated rings. The third-order valence-electron chi connectivity index (χ3n) is 1.64. The molecule has 4 heteroatoms. The first kappa shape index (κ1) is 11.4. The Bertz CT molecular complexity index is 410. The van der Waals surface area contributed by atoms with Crippen LogP contribution in [0.1, 0.15) is 5.56 Å². The van der Waals surface area contributed by atoms with E-state index in [0.29, 0.717) is 22.1 Å². The maximum Gasteiger partial charge on any atom is 0.124 e. The zero-order chi connectivity index (χ0) is 11.3. The lowest BCUT2D eigenvalue weighted by Crippen LogP contribution is -1.97. The number of benzene rings is 1. The number of methoxy groups -OCH3 is 1. The fourth-order valence-corrected chi connectivity index (χ4v) is 1.05. The van der Waals surface area contributed by atoms with Gasteiger partial charge < -0.3 is 9.47 Å². The van der Waals surface area contributed by atoms with Gasteiger partial charge in [-0.3, -0.25) is 0 Å². The van der Waals surface area contributed by atoms with Gasteiger partial charge in [-0.05, 0) is 12.1 Å². The Balaban J connectivity index is 2.88. The van der Waals surface area contributed by atoms with Crippen LogP contribution in [0.4, 0.5) is 0 Å². The molecule has 0 unspecified atom stereocenters. The molecule has 0 amide bonds. The van der Waals surface area contributed by atoms with Crippen molar-refractivity contribution in [2.45, 2.75) is 0 Å². The molecular weight excluding hydrogens is 214 g/mol. The van der Waals surface area contributed by atoms with E-state index in [9.17, 15) is 0 Å². The van der Waals surface area contributed by atoms with Crippen LogP contribution in [-0.4, -0.2) is 13.7 Å². The van der Waals surface area contributed by atoms with Gasteiger partial charge in [-0.2, -0.15) is 5.26 Å². The fraction of sp³-hybridized carbons (Fsp3) is 0.182. The molecule has 78 valence electrons. The third kappa shape index (κ3) is 3.53. The number of nitriles is 1. The summed E-state index contributed by atoms with van der Waals surface area (Å²) in [5.74, 6) is 1.11. The smallest absolute Gasteiger partial charge is 0.124 e. The summed E-state index contributed by atoms with van der Waals surface area (Å²) in [6, 6.07) is 6.94. The van der Waals surface area contributed by atoms with Crippen molar-refractivity contribution >= 4 is 11.6 Å². The van der Waals surface area contributed by atoms with Crippen molar-refractivity contribution in [3.63, 3.8) is 0 Å². The van der Waals surface area contributed by atoms with E-state index < -0.39 is 0 Å². The molecule has 0 aliphatic heterocycles. The van der Waals surface area contributed by atoms with Crippen molar-refractivity contribution in [1.82, 2.24) is 0 Å². The highest BCUT2D eigenvalue weighted by atomic mass is 35.5. The molecule has 0 bridgehead atoms. The normalized spacial score (nSPS) is 9.13. The zero-order valence-electron chi connectivity index (χ0n) is 8.29. The van der Waals surface area contributed by atoms with Gasteiger partial charge in [0.15, 0.2) is 0 Å². The van der Waals surface area contributed by atoms with Crippen LogP contribution in [0.2, 0.25) is 0 Å². The Hall–Kier alpha value is -1.66. The highest BCUT2D eigenvalue weighted by Gasteiger charge is 2.02. The minimum Gasteiger partial charge on any atom is -0.497 e. The summed E-state index contributed by atoms with van der Waals surface area (Å²) >= 11 is 5.56. The third-order valence-corrected chi connectivity index (χ3v) is 1.75. The van der Waals surface area contributed by atoms with Crippen LogP contribution in [0.5, 0.6) is 11.5 Å². The Morgan fingerprint density at radius 1 is 1.47 bits per heavy atom.